The SMILES string of the molecule is CC(C)(N=C=O)c1ncccc1Br. The van der Waals surface area contributed by atoms with Crippen LogP contribution in [0.4, 0.5) is 0 Å². The van der Waals surface area contributed by atoms with Crippen molar-refractivity contribution in [3.8, 4) is 0 Å². The van der Waals surface area contributed by atoms with Gasteiger partial charge in [0.1, 0.15) is 5.54 Å². The van der Waals surface area contributed by atoms with Crippen molar-refractivity contribution in [2.45, 2.75) is 19.4 Å². The van der Waals surface area contributed by atoms with Gasteiger partial charge in [0, 0.05) is 10.7 Å². The average Bonchev–Trinajstić information content (AvgIpc) is 2.04. The summed E-state index contributed by atoms with van der Waals surface area (Å²) in [5, 5.41) is 0. The third-order valence-electron chi connectivity index (χ3n) is 1.66. The number of hydrogen-bond donors (Lipinski definition) is 0. The van der Waals surface area contributed by atoms with Gasteiger partial charge >= 0.3 is 0 Å². The third kappa shape index (κ3) is 2.23. The van der Waals surface area contributed by atoms with E-state index in [1.165, 1.54) is 0 Å². The first-order valence-electron chi connectivity index (χ1n) is 3.78. The molecule has 0 aromatic carbocycles. The number of halogens is 1. The van der Waals surface area contributed by atoms with Gasteiger partial charge in [0.15, 0.2) is 0 Å². The van der Waals surface area contributed by atoms with Gasteiger partial charge in [-0.2, -0.15) is 4.99 Å². The zero-order chi connectivity index (χ0) is 9.90. The van der Waals surface area contributed by atoms with Crippen LogP contribution in [0, 0.1) is 0 Å². The van der Waals surface area contributed by atoms with Crippen LogP contribution in [-0.2, 0) is 10.3 Å². The zero-order valence-electron chi connectivity index (χ0n) is 7.41. The number of rotatable bonds is 2. The topological polar surface area (TPSA) is 42.3 Å². The Morgan fingerprint density at radius 3 is 2.85 bits per heavy atom. The molecular formula is C9H9BrN2O. The number of aliphatic imine (C=N–C) groups is 1. The van der Waals surface area contributed by atoms with Gasteiger partial charge in [0.25, 0.3) is 0 Å². The first kappa shape index (κ1) is 10.1. The van der Waals surface area contributed by atoms with Crippen LogP contribution in [-0.4, -0.2) is 11.1 Å². The van der Waals surface area contributed by atoms with Crippen molar-refractivity contribution in [2.75, 3.05) is 0 Å². The van der Waals surface area contributed by atoms with Gasteiger partial charge in [0.2, 0.25) is 6.08 Å². The maximum atomic E-state index is 10.2. The molecule has 0 fully saturated rings. The van der Waals surface area contributed by atoms with Crippen molar-refractivity contribution in [1.82, 2.24) is 4.98 Å². The van der Waals surface area contributed by atoms with E-state index in [9.17, 15) is 4.79 Å². The lowest BCUT2D eigenvalue weighted by Crippen LogP contribution is -2.16. The molecular weight excluding hydrogens is 232 g/mol. The second-order valence-electron chi connectivity index (χ2n) is 3.10. The Labute approximate surface area is 85.0 Å². The number of carbonyl (C=O) groups excluding carboxylic acids is 1. The van der Waals surface area contributed by atoms with E-state index in [0.29, 0.717) is 0 Å². The zero-order valence-corrected chi connectivity index (χ0v) is 9.00. The molecule has 0 aliphatic heterocycles. The summed E-state index contributed by atoms with van der Waals surface area (Å²) in [6.07, 6.45) is 3.22. The summed E-state index contributed by atoms with van der Waals surface area (Å²) in [7, 11) is 0. The lowest BCUT2D eigenvalue weighted by Gasteiger charge is -2.17. The van der Waals surface area contributed by atoms with Crippen LogP contribution < -0.4 is 0 Å². The van der Waals surface area contributed by atoms with Crippen LogP contribution in [0.1, 0.15) is 19.5 Å². The predicted octanol–water partition coefficient (Wildman–Crippen LogP) is 2.42. The maximum absolute atomic E-state index is 10.2. The quantitative estimate of drug-likeness (QED) is 0.589. The van der Waals surface area contributed by atoms with Crippen molar-refractivity contribution in [3.05, 3.63) is 28.5 Å². The van der Waals surface area contributed by atoms with Crippen LogP contribution in [0.15, 0.2) is 27.8 Å². The van der Waals surface area contributed by atoms with Gasteiger partial charge in [0.05, 0.1) is 5.69 Å². The molecule has 13 heavy (non-hydrogen) atoms. The molecule has 0 unspecified atom stereocenters. The third-order valence-corrected chi connectivity index (χ3v) is 2.30. The average molecular weight is 241 g/mol. The van der Waals surface area contributed by atoms with Gasteiger partial charge in [-0.25, -0.2) is 4.79 Å². The predicted molar refractivity (Wildman–Crippen MR) is 53.1 cm³/mol. The van der Waals surface area contributed by atoms with Crippen LogP contribution in [0.2, 0.25) is 0 Å². The largest absolute Gasteiger partial charge is 0.258 e. The molecule has 1 aromatic rings. The Bertz CT molecular complexity index is 356. The van der Waals surface area contributed by atoms with Gasteiger partial charge in [-0.15, -0.1) is 0 Å². The first-order chi connectivity index (χ1) is 6.08. The highest BCUT2D eigenvalue weighted by molar-refractivity contribution is 9.10. The molecule has 3 nitrogen and oxygen atoms in total. The van der Waals surface area contributed by atoms with Crippen molar-refractivity contribution in [2.24, 2.45) is 4.99 Å². The molecule has 1 heterocycles. The molecule has 1 aromatic heterocycles. The highest BCUT2D eigenvalue weighted by Crippen LogP contribution is 2.28. The smallest absolute Gasteiger partial charge is 0.235 e. The van der Waals surface area contributed by atoms with Crippen molar-refractivity contribution in [3.63, 3.8) is 0 Å². The molecule has 0 N–H and O–H groups in total. The summed E-state index contributed by atoms with van der Waals surface area (Å²) in [4.78, 5) is 18.0. The summed E-state index contributed by atoms with van der Waals surface area (Å²) < 4.78 is 0.846. The van der Waals surface area contributed by atoms with Crippen LogP contribution in [0.25, 0.3) is 0 Å². The fraction of sp³-hybridized carbons (Fsp3) is 0.333. The second kappa shape index (κ2) is 3.81. The van der Waals surface area contributed by atoms with Crippen LogP contribution in [0.3, 0.4) is 0 Å². The minimum Gasteiger partial charge on any atom is -0.258 e. The summed E-state index contributed by atoms with van der Waals surface area (Å²) in [6.45, 7) is 3.62. The number of aromatic nitrogens is 1. The molecule has 0 saturated heterocycles. The maximum Gasteiger partial charge on any atom is 0.235 e. The van der Waals surface area contributed by atoms with Crippen molar-refractivity contribution >= 4 is 22.0 Å². The highest BCUT2D eigenvalue weighted by Gasteiger charge is 2.23. The Hall–Kier alpha value is -0.990. The fourth-order valence-electron chi connectivity index (χ4n) is 1.00. The Morgan fingerprint density at radius 2 is 2.31 bits per heavy atom. The number of nitrogens with zero attached hydrogens (tertiary/aromatic N) is 2. The summed E-state index contributed by atoms with van der Waals surface area (Å²) in [5.41, 5.74) is 0.111. The van der Waals surface area contributed by atoms with Gasteiger partial charge < -0.3 is 0 Å². The van der Waals surface area contributed by atoms with E-state index in [0.717, 1.165) is 10.2 Å². The molecule has 68 valence electrons. The van der Waals surface area contributed by atoms with E-state index >= 15 is 0 Å². The number of isocyanates is 1. The van der Waals surface area contributed by atoms with Gasteiger partial charge in [-0.1, -0.05) is 0 Å². The Morgan fingerprint density at radius 1 is 1.62 bits per heavy atom. The molecule has 1 rings (SSSR count). The molecule has 4 heteroatoms. The summed E-state index contributed by atoms with van der Waals surface area (Å²) in [5.74, 6) is 0. The van der Waals surface area contributed by atoms with E-state index in [1.807, 2.05) is 26.0 Å². The molecule has 0 radical (unpaired) electrons. The fourth-order valence-corrected chi connectivity index (χ4v) is 1.74. The van der Waals surface area contributed by atoms with Crippen molar-refractivity contribution < 1.29 is 4.79 Å². The molecule has 0 amide bonds. The van der Waals surface area contributed by atoms with Crippen LogP contribution >= 0.6 is 15.9 Å². The van der Waals surface area contributed by atoms with E-state index in [1.54, 1.807) is 12.3 Å². The highest BCUT2D eigenvalue weighted by atomic mass is 79.9. The van der Waals surface area contributed by atoms with E-state index in [2.05, 4.69) is 25.9 Å². The molecule has 0 saturated carbocycles. The molecule has 0 aliphatic carbocycles. The minimum absolute atomic E-state index is 0.623. The van der Waals surface area contributed by atoms with Crippen LogP contribution in [0.5, 0.6) is 0 Å². The number of pyridine rings is 1. The molecule has 0 atom stereocenters. The van der Waals surface area contributed by atoms with E-state index in [4.69, 9.17) is 0 Å². The molecule has 0 spiro atoms. The normalized spacial score (nSPS) is 10.7. The Kier molecular flexibility index (Phi) is 2.96. The van der Waals surface area contributed by atoms with E-state index in [-0.39, 0.29) is 0 Å². The minimum atomic E-state index is -0.623. The summed E-state index contributed by atoms with van der Waals surface area (Å²) in [6, 6.07) is 3.68. The van der Waals surface area contributed by atoms with Gasteiger partial charge in [-0.05, 0) is 41.9 Å². The Balaban J connectivity index is 3.21. The second-order valence-corrected chi connectivity index (χ2v) is 3.95. The number of hydrogen-bond acceptors (Lipinski definition) is 3. The summed E-state index contributed by atoms with van der Waals surface area (Å²) >= 11 is 3.35. The lowest BCUT2D eigenvalue weighted by molar-refractivity contribution is 0.510. The van der Waals surface area contributed by atoms with E-state index < -0.39 is 5.54 Å². The first-order valence-corrected chi connectivity index (χ1v) is 4.57. The molecule has 0 bridgehead atoms. The molecule has 0 aliphatic rings. The van der Waals surface area contributed by atoms with Crippen molar-refractivity contribution in [1.29, 1.82) is 0 Å². The standard InChI is InChI=1S/C9H9BrN2O/c1-9(2,12-6-13)8-7(10)4-3-5-11-8/h3-5H,1-2H3. The lowest BCUT2D eigenvalue weighted by atomic mass is 10.0. The van der Waals surface area contributed by atoms with Gasteiger partial charge in [-0.3, -0.25) is 4.98 Å². The monoisotopic (exact) mass is 240 g/mol.